The van der Waals surface area contributed by atoms with Crippen molar-refractivity contribution in [2.75, 3.05) is 60.2 Å². The number of rotatable bonds is 11. The van der Waals surface area contributed by atoms with Crippen molar-refractivity contribution in [3.63, 3.8) is 0 Å². The van der Waals surface area contributed by atoms with Crippen LogP contribution in [0.5, 0.6) is 0 Å². The van der Waals surface area contributed by atoms with Crippen LogP contribution in [-0.4, -0.2) is 83.2 Å². The van der Waals surface area contributed by atoms with Gasteiger partial charge in [-0.2, -0.15) is 0 Å². The van der Waals surface area contributed by atoms with Gasteiger partial charge in [-0.25, -0.2) is 9.59 Å². The van der Waals surface area contributed by atoms with Gasteiger partial charge in [0.2, 0.25) is 0 Å². The molecule has 3 amide bonds. The Labute approximate surface area is 215 Å². The van der Waals surface area contributed by atoms with Crippen LogP contribution in [0.25, 0.3) is 0 Å². The zero-order valence-electron chi connectivity index (χ0n) is 22.1. The van der Waals surface area contributed by atoms with E-state index >= 15 is 0 Å². The number of urea groups is 1. The summed E-state index contributed by atoms with van der Waals surface area (Å²) in [5.41, 5.74) is 2.27. The Kier molecular flexibility index (Phi) is 11.8. The Morgan fingerprint density at radius 2 is 2.11 bits per heavy atom. The van der Waals surface area contributed by atoms with Gasteiger partial charge < -0.3 is 35.1 Å². The smallest absolute Gasteiger partial charge is 0.406 e. The molecule has 9 nitrogen and oxygen atoms in total. The number of methoxy groups -OCH3 is 1. The zero-order valence-corrected chi connectivity index (χ0v) is 22.1. The number of hydrogen-bond donors (Lipinski definition) is 3. The lowest BCUT2D eigenvalue weighted by molar-refractivity contribution is -0.00876. The number of nitrogens with one attached hydrogen (secondary N) is 3. The predicted molar refractivity (Wildman–Crippen MR) is 139 cm³/mol. The summed E-state index contributed by atoms with van der Waals surface area (Å²) in [6.07, 6.45) is 4.45. The lowest BCUT2D eigenvalue weighted by atomic mass is 9.88. The molecule has 0 aromatic heterocycles. The Morgan fingerprint density at radius 1 is 1.25 bits per heavy atom. The molecule has 0 saturated carbocycles. The molecule has 3 rings (SSSR count). The first-order chi connectivity index (χ1) is 17.5. The van der Waals surface area contributed by atoms with Gasteiger partial charge in [-0.15, -0.1) is 0 Å². The molecular formula is C27H44N4O5. The summed E-state index contributed by atoms with van der Waals surface area (Å²) < 4.78 is 16.6. The van der Waals surface area contributed by atoms with Gasteiger partial charge in [-0.3, -0.25) is 0 Å². The summed E-state index contributed by atoms with van der Waals surface area (Å²) in [4.78, 5) is 26.6. The first-order valence-electron chi connectivity index (χ1n) is 13.3. The van der Waals surface area contributed by atoms with E-state index in [0.29, 0.717) is 25.6 Å². The monoisotopic (exact) mass is 504 g/mol. The summed E-state index contributed by atoms with van der Waals surface area (Å²) >= 11 is 0. The zero-order chi connectivity index (χ0) is 25.8. The molecule has 1 aromatic carbocycles. The minimum atomic E-state index is -0.470. The molecule has 1 aromatic rings. The first kappa shape index (κ1) is 28.2. The van der Waals surface area contributed by atoms with Gasteiger partial charge in [0.1, 0.15) is 0 Å². The molecule has 2 saturated heterocycles. The number of nitrogens with zero attached hydrogens (tertiary/aromatic N) is 1. The van der Waals surface area contributed by atoms with Crippen LogP contribution in [0, 0.1) is 18.8 Å². The van der Waals surface area contributed by atoms with Crippen LogP contribution in [0.2, 0.25) is 0 Å². The van der Waals surface area contributed by atoms with Gasteiger partial charge in [0.15, 0.2) is 0 Å². The molecule has 2 unspecified atom stereocenters. The molecule has 0 radical (unpaired) electrons. The maximum Gasteiger partial charge on any atom is 0.406 e. The standard InChI is InChI=1S/C27H44N4O5/c1-20-7-4-9-22(15-20)25(36-14-11-29-27(33)34-3)23-10-5-12-31(18-23)26(32)30-24(17-28-2)16-21-8-6-13-35-19-21/h4,7,9,15,21,23-25,28H,5-6,8,10-14,16-19H2,1-3H3,(H,29,33)(H,30,32)/t21?,23-,24?,25+/m1/s1. The molecule has 3 N–H and O–H groups in total. The van der Waals surface area contributed by atoms with Crippen LogP contribution in [0.1, 0.15) is 49.3 Å². The van der Waals surface area contributed by atoms with Crippen LogP contribution < -0.4 is 16.0 Å². The van der Waals surface area contributed by atoms with Gasteiger partial charge in [0.25, 0.3) is 0 Å². The molecule has 202 valence electrons. The summed E-state index contributed by atoms with van der Waals surface area (Å²) in [7, 11) is 3.27. The third-order valence-corrected chi connectivity index (χ3v) is 7.05. The molecular weight excluding hydrogens is 460 g/mol. The highest BCUT2D eigenvalue weighted by Crippen LogP contribution is 2.33. The number of likely N-dealkylation sites (tertiary alicyclic amines) is 1. The molecule has 2 aliphatic rings. The van der Waals surface area contributed by atoms with E-state index < -0.39 is 6.09 Å². The Balaban J connectivity index is 1.62. The number of carbonyl (C=O) groups excluding carboxylic acids is 2. The molecule has 36 heavy (non-hydrogen) atoms. The van der Waals surface area contributed by atoms with Crippen LogP contribution in [0.4, 0.5) is 9.59 Å². The largest absolute Gasteiger partial charge is 0.453 e. The molecule has 2 heterocycles. The van der Waals surface area contributed by atoms with Crippen molar-refractivity contribution in [3.8, 4) is 0 Å². The summed E-state index contributed by atoms with van der Waals surface area (Å²) in [6.45, 7) is 6.53. The number of ether oxygens (including phenoxy) is 3. The van der Waals surface area contributed by atoms with Gasteiger partial charge in [-0.1, -0.05) is 29.8 Å². The quantitative estimate of drug-likeness (QED) is 0.400. The number of amides is 3. The van der Waals surface area contributed by atoms with Crippen molar-refractivity contribution >= 4 is 12.1 Å². The highest BCUT2D eigenvalue weighted by molar-refractivity contribution is 5.74. The molecule has 4 atom stereocenters. The maximum atomic E-state index is 13.3. The topological polar surface area (TPSA) is 101 Å². The van der Waals surface area contributed by atoms with E-state index in [1.807, 2.05) is 18.0 Å². The second kappa shape index (κ2) is 15.0. The lowest BCUT2D eigenvalue weighted by Crippen LogP contribution is -2.52. The molecule has 9 heteroatoms. The second-order valence-corrected chi connectivity index (χ2v) is 10.00. The van der Waals surface area contributed by atoms with E-state index in [0.717, 1.165) is 64.0 Å². The fourth-order valence-electron chi connectivity index (χ4n) is 5.31. The van der Waals surface area contributed by atoms with Crippen molar-refractivity contribution in [1.29, 1.82) is 0 Å². The normalized spacial score (nSPS) is 21.9. The van der Waals surface area contributed by atoms with Crippen molar-refractivity contribution in [2.45, 2.75) is 51.2 Å². The van der Waals surface area contributed by atoms with Gasteiger partial charge >= 0.3 is 12.1 Å². The lowest BCUT2D eigenvalue weighted by Gasteiger charge is -2.38. The fraction of sp³-hybridized carbons (Fsp3) is 0.704. The predicted octanol–water partition coefficient (Wildman–Crippen LogP) is 3.24. The van der Waals surface area contributed by atoms with E-state index in [9.17, 15) is 9.59 Å². The number of piperidine rings is 1. The molecule has 2 fully saturated rings. The van der Waals surface area contributed by atoms with E-state index in [2.05, 4.69) is 45.8 Å². The summed E-state index contributed by atoms with van der Waals surface area (Å²) in [5.74, 6) is 0.656. The average molecular weight is 505 g/mol. The number of aryl methyl sites for hydroxylation is 1. The molecule has 2 aliphatic heterocycles. The number of likely N-dealkylation sites (N-methyl/N-ethyl adjacent to an activating group) is 1. The first-order valence-corrected chi connectivity index (χ1v) is 13.3. The van der Waals surface area contributed by atoms with Crippen LogP contribution in [0.3, 0.4) is 0 Å². The molecule has 0 bridgehead atoms. The Morgan fingerprint density at radius 3 is 2.83 bits per heavy atom. The van der Waals surface area contributed by atoms with Crippen LogP contribution in [0.15, 0.2) is 24.3 Å². The summed E-state index contributed by atoms with van der Waals surface area (Å²) in [6, 6.07) is 8.40. The van der Waals surface area contributed by atoms with Crippen molar-refractivity contribution in [3.05, 3.63) is 35.4 Å². The Hall–Kier alpha value is -2.36. The molecule has 0 spiro atoms. The number of carbonyl (C=O) groups is 2. The van der Waals surface area contributed by atoms with Crippen molar-refractivity contribution < 1.29 is 23.8 Å². The van der Waals surface area contributed by atoms with Gasteiger partial charge in [-0.05, 0) is 57.6 Å². The summed E-state index contributed by atoms with van der Waals surface area (Å²) in [5, 5.41) is 9.18. The highest BCUT2D eigenvalue weighted by atomic mass is 16.5. The SMILES string of the molecule is CNCC(CC1CCCOC1)NC(=O)N1CCC[C@@H]([C@@H](OCCNC(=O)OC)c2cccc(C)c2)C1. The minimum absolute atomic E-state index is 0.00738. The number of benzene rings is 1. The van der Waals surface area contributed by atoms with E-state index in [-0.39, 0.29) is 24.1 Å². The average Bonchev–Trinajstić information content (AvgIpc) is 2.89. The number of alkyl carbamates (subject to hydrolysis) is 1. The van der Waals surface area contributed by atoms with E-state index in [4.69, 9.17) is 9.47 Å². The van der Waals surface area contributed by atoms with Gasteiger partial charge in [0, 0.05) is 51.4 Å². The third kappa shape index (κ3) is 8.94. The van der Waals surface area contributed by atoms with Crippen molar-refractivity contribution in [2.24, 2.45) is 11.8 Å². The second-order valence-electron chi connectivity index (χ2n) is 10.00. The highest BCUT2D eigenvalue weighted by Gasteiger charge is 2.32. The molecule has 0 aliphatic carbocycles. The van der Waals surface area contributed by atoms with Gasteiger partial charge in [0.05, 0.1) is 19.8 Å². The fourth-order valence-corrected chi connectivity index (χ4v) is 5.31. The van der Waals surface area contributed by atoms with Crippen molar-refractivity contribution in [1.82, 2.24) is 20.9 Å². The van der Waals surface area contributed by atoms with Crippen LogP contribution >= 0.6 is 0 Å². The number of hydrogen-bond acceptors (Lipinski definition) is 6. The Bertz CT molecular complexity index is 817. The van der Waals surface area contributed by atoms with Crippen LogP contribution in [-0.2, 0) is 14.2 Å². The van der Waals surface area contributed by atoms with E-state index in [1.165, 1.54) is 12.7 Å². The minimum Gasteiger partial charge on any atom is -0.453 e. The maximum absolute atomic E-state index is 13.3. The third-order valence-electron chi connectivity index (χ3n) is 7.05. The van der Waals surface area contributed by atoms with E-state index in [1.54, 1.807) is 0 Å².